The Labute approximate surface area is 110 Å². The number of carbonyl (C=O) groups is 1. The van der Waals surface area contributed by atoms with Crippen LogP contribution in [0, 0.1) is 0 Å². The molecule has 0 spiro atoms. The molecule has 2 aromatic rings. The van der Waals surface area contributed by atoms with Crippen LogP contribution < -0.4 is 11.1 Å². The van der Waals surface area contributed by atoms with E-state index < -0.39 is 0 Å². The maximum Gasteiger partial charge on any atom is 0.287 e. The molecule has 96 valence electrons. The molecule has 2 heterocycles. The number of hydrogen-bond acceptors (Lipinski definition) is 4. The van der Waals surface area contributed by atoms with Gasteiger partial charge in [-0.2, -0.15) is 0 Å². The smallest absolute Gasteiger partial charge is 0.287 e. The summed E-state index contributed by atoms with van der Waals surface area (Å²) in [6.45, 7) is 2.95. The van der Waals surface area contributed by atoms with E-state index in [0.29, 0.717) is 24.6 Å². The molecule has 0 aromatic carbocycles. The van der Waals surface area contributed by atoms with Gasteiger partial charge in [0.2, 0.25) is 0 Å². The highest BCUT2D eigenvalue weighted by atomic mass is 32.1. The molecule has 0 aliphatic carbocycles. The molecule has 0 radical (unpaired) electrons. The Hall–Kier alpha value is -1.59. The van der Waals surface area contributed by atoms with Gasteiger partial charge in [0.25, 0.3) is 5.91 Å². The first-order chi connectivity index (χ1) is 8.74. The number of hydrogen-bond donors (Lipinski definition) is 2. The second-order valence-corrected chi connectivity index (χ2v) is 4.88. The van der Waals surface area contributed by atoms with Crippen LogP contribution in [0.4, 0.5) is 0 Å². The topological polar surface area (TPSA) is 68.3 Å². The molecule has 0 unspecified atom stereocenters. The second-order valence-electron chi connectivity index (χ2n) is 3.88. The molecule has 18 heavy (non-hydrogen) atoms. The average Bonchev–Trinajstić information content (AvgIpc) is 3.04. The molecule has 1 amide bonds. The van der Waals surface area contributed by atoms with E-state index in [-0.39, 0.29) is 5.91 Å². The average molecular weight is 264 g/mol. The standard InChI is InChI=1S/C13H16N2O2S/c1-2-9-5-6-18-12(9)8-15-13(16)11-4-3-10(7-14)17-11/h3-6H,2,7-8,14H2,1H3,(H,15,16). The first-order valence-electron chi connectivity index (χ1n) is 5.86. The van der Waals surface area contributed by atoms with Gasteiger partial charge < -0.3 is 15.5 Å². The number of rotatable bonds is 5. The van der Waals surface area contributed by atoms with Crippen LogP contribution >= 0.6 is 11.3 Å². The van der Waals surface area contributed by atoms with E-state index in [9.17, 15) is 4.79 Å². The van der Waals surface area contributed by atoms with Crippen LogP contribution in [-0.4, -0.2) is 5.91 Å². The van der Waals surface area contributed by atoms with Crippen molar-refractivity contribution in [3.63, 3.8) is 0 Å². The zero-order valence-corrected chi connectivity index (χ0v) is 11.0. The summed E-state index contributed by atoms with van der Waals surface area (Å²) >= 11 is 1.66. The van der Waals surface area contributed by atoms with Crippen LogP contribution in [-0.2, 0) is 19.5 Å². The summed E-state index contributed by atoms with van der Waals surface area (Å²) in [6.07, 6.45) is 0.979. The molecule has 0 aliphatic heterocycles. The molecular weight excluding hydrogens is 248 g/mol. The van der Waals surface area contributed by atoms with Gasteiger partial charge in [-0.3, -0.25) is 4.79 Å². The Kier molecular flexibility index (Phi) is 4.17. The van der Waals surface area contributed by atoms with Gasteiger partial charge in [0.1, 0.15) is 5.76 Å². The van der Waals surface area contributed by atoms with E-state index in [1.165, 1.54) is 10.4 Å². The normalized spacial score (nSPS) is 10.6. The van der Waals surface area contributed by atoms with E-state index in [1.54, 1.807) is 23.5 Å². The highest BCUT2D eigenvalue weighted by molar-refractivity contribution is 7.10. The Morgan fingerprint density at radius 3 is 2.94 bits per heavy atom. The number of nitrogens with one attached hydrogen (secondary N) is 1. The monoisotopic (exact) mass is 264 g/mol. The van der Waals surface area contributed by atoms with Crippen LogP contribution in [0.2, 0.25) is 0 Å². The minimum Gasteiger partial charge on any atom is -0.455 e. The van der Waals surface area contributed by atoms with Crippen molar-refractivity contribution in [1.82, 2.24) is 5.32 Å². The van der Waals surface area contributed by atoms with E-state index in [4.69, 9.17) is 10.2 Å². The molecule has 3 N–H and O–H groups in total. The summed E-state index contributed by atoms with van der Waals surface area (Å²) in [5.41, 5.74) is 6.71. The molecule has 5 heteroatoms. The van der Waals surface area contributed by atoms with Crippen molar-refractivity contribution in [3.8, 4) is 0 Å². The highest BCUT2D eigenvalue weighted by Gasteiger charge is 2.11. The van der Waals surface area contributed by atoms with Gasteiger partial charge in [0.05, 0.1) is 13.1 Å². The lowest BCUT2D eigenvalue weighted by Crippen LogP contribution is -2.22. The minimum atomic E-state index is -0.204. The van der Waals surface area contributed by atoms with Crippen molar-refractivity contribution >= 4 is 17.2 Å². The third-order valence-corrected chi connectivity index (χ3v) is 3.68. The fourth-order valence-electron chi connectivity index (χ4n) is 1.69. The molecule has 0 saturated carbocycles. The number of amides is 1. The van der Waals surface area contributed by atoms with Crippen molar-refractivity contribution in [2.24, 2.45) is 5.73 Å². The van der Waals surface area contributed by atoms with Gasteiger partial charge in [0, 0.05) is 4.88 Å². The molecule has 4 nitrogen and oxygen atoms in total. The predicted molar refractivity (Wildman–Crippen MR) is 71.5 cm³/mol. The molecular formula is C13H16N2O2S. The fourth-order valence-corrected chi connectivity index (χ4v) is 2.61. The van der Waals surface area contributed by atoms with Gasteiger partial charge in [-0.1, -0.05) is 6.92 Å². The summed E-state index contributed by atoms with van der Waals surface area (Å²) in [5.74, 6) is 0.723. The van der Waals surface area contributed by atoms with Gasteiger partial charge in [0.15, 0.2) is 5.76 Å². The maximum absolute atomic E-state index is 11.8. The number of thiophene rings is 1. The van der Waals surface area contributed by atoms with Crippen molar-refractivity contribution in [2.45, 2.75) is 26.4 Å². The largest absolute Gasteiger partial charge is 0.455 e. The zero-order chi connectivity index (χ0) is 13.0. The van der Waals surface area contributed by atoms with Crippen LogP contribution in [0.5, 0.6) is 0 Å². The third-order valence-electron chi connectivity index (χ3n) is 2.71. The minimum absolute atomic E-state index is 0.204. The van der Waals surface area contributed by atoms with Crippen LogP contribution in [0.3, 0.4) is 0 Å². The summed E-state index contributed by atoms with van der Waals surface area (Å²) in [7, 11) is 0. The predicted octanol–water partition coefficient (Wildman–Crippen LogP) is 2.29. The van der Waals surface area contributed by atoms with Crippen molar-refractivity contribution in [1.29, 1.82) is 0 Å². The quantitative estimate of drug-likeness (QED) is 0.870. The van der Waals surface area contributed by atoms with E-state index in [0.717, 1.165) is 6.42 Å². The van der Waals surface area contributed by atoms with Crippen molar-refractivity contribution < 1.29 is 9.21 Å². The number of carbonyl (C=O) groups excluding carboxylic acids is 1. The van der Waals surface area contributed by atoms with Gasteiger partial charge >= 0.3 is 0 Å². The Bertz CT molecular complexity index is 531. The first kappa shape index (κ1) is 12.9. The third kappa shape index (κ3) is 2.80. The highest BCUT2D eigenvalue weighted by Crippen LogP contribution is 2.17. The number of furan rings is 1. The summed E-state index contributed by atoms with van der Waals surface area (Å²) < 4.78 is 5.29. The molecule has 0 atom stereocenters. The van der Waals surface area contributed by atoms with Crippen LogP contribution in [0.1, 0.15) is 33.7 Å². The molecule has 0 fully saturated rings. The van der Waals surface area contributed by atoms with Gasteiger partial charge in [-0.05, 0) is 35.6 Å². The van der Waals surface area contributed by atoms with Gasteiger partial charge in [-0.25, -0.2) is 0 Å². The number of nitrogens with two attached hydrogens (primary N) is 1. The van der Waals surface area contributed by atoms with E-state index >= 15 is 0 Å². The lowest BCUT2D eigenvalue weighted by Gasteiger charge is -2.03. The Morgan fingerprint density at radius 1 is 1.44 bits per heavy atom. The molecule has 0 bridgehead atoms. The van der Waals surface area contributed by atoms with Crippen molar-refractivity contribution in [3.05, 3.63) is 45.5 Å². The molecule has 2 rings (SSSR count). The van der Waals surface area contributed by atoms with Crippen molar-refractivity contribution in [2.75, 3.05) is 0 Å². The first-order valence-corrected chi connectivity index (χ1v) is 6.74. The molecule has 0 aliphatic rings. The second kappa shape index (κ2) is 5.84. The van der Waals surface area contributed by atoms with Crippen LogP contribution in [0.15, 0.2) is 28.0 Å². The van der Waals surface area contributed by atoms with E-state index in [2.05, 4.69) is 18.3 Å². The Balaban J connectivity index is 1.96. The van der Waals surface area contributed by atoms with E-state index in [1.807, 2.05) is 5.38 Å². The SMILES string of the molecule is CCc1ccsc1CNC(=O)c1ccc(CN)o1. The Morgan fingerprint density at radius 2 is 2.28 bits per heavy atom. The fraction of sp³-hybridized carbons (Fsp3) is 0.308. The summed E-state index contributed by atoms with van der Waals surface area (Å²) in [5, 5.41) is 4.89. The lowest BCUT2D eigenvalue weighted by atomic mass is 10.2. The van der Waals surface area contributed by atoms with Gasteiger partial charge in [-0.15, -0.1) is 11.3 Å². The maximum atomic E-state index is 11.8. The van der Waals surface area contributed by atoms with Crippen LogP contribution in [0.25, 0.3) is 0 Å². The zero-order valence-electron chi connectivity index (χ0n) is 10.2. The lowest BCUT2D eigenvalue weighted by molar-refractivity contribution is 0.0922. The summed E-state index contributed by atoms with van der Waals surface area (Å²) in [4.78, 5) is 13.0. The number of aryl methyl sites for hydroxylation is 1. The molecule has 2 aromatic heterocycles. The summed E-state index contributed by atoms with van der Waals surface area (Å²) in [6, 6.07) is 5.45. The molecule has 0 saturated heterocycles.